The molecule has 0 aromatic heterocycles. The third kappa shape index (κ3) is 3.33. The van der Waals surface area contributed by atoms with Crippen LogP contribution in [-0.4, -0.2) is 24.8 Å². The molecular formula is C14H14F2N2O3S. The number of alkyl halides is 2. The number of thiocarbonyl (C=S) groups is 1. The molecule has 1 atom stereocenters. The van der Waals surface area contributed by atoms with Crippen molar-refractivity contribution in [2.45, 2.75) is 19.6 Å². The minimum absolute atomic E-state index is 0.0334. The lowest BCUT2D eigenvalue weighted by atomic mass is 9.95. The number of nitrogens with one attached hydrogen (secondary N) is 2. The van der Waals surface area contributed by atoms with E-state index in [1.165, 1.54) is 13.2 Å². The molecule has 0 amide bonds. The Bertz CT molecular complexity index is 634. The minimum Gasteiger partial charge on any atom is -0.466 e. The number of hydrogen-bond donors (Lipinski definition) is 2. The molecule has 0 spiro atoms. The molecule has 0 saturated heterocycles. The normalized spacial score (nSPS) is 17.9. The van der Waals surface area contributed by atoms with Crippen molar-refractivity contribution < 1.29 is 23.0 Å². The summed E-state index contributed by atoms with van der Waals surface area (Å²) in [7, 11) is 1.24. The highest BCUT2D eigenvalue weighted by Gasteiger charge is 2.32. The number of benzene rings is 1. The van der Waals surface area contributed by atoms with E-state index in [-0.39, 0.29) is 16.4 Å². The maximum Gasteiger partial charge on any atom is 0.387 e. The van der Waals surface area contributed by atoms with Crippen LogP contribution in [0.4, 0.5) is 8.78 Å². The Kier molecular flexibility index (Phi) is 4.92. The average Bonchev–Trinajstić information content (AvgIpc) is 2.45. The predicted molar refractivity (Wildman–Crippen MR) is 79.4 cm³/mol. The quantitative estimate of drug-likeness (QED) is 0.653. The van der Waals surface area contributed by atoms with Gasteiger partial charge in [-0.3, -0.25) is 0 Å². The number of ether oxygens (including phenoxy) is 2. The summed E-state index contributed by atoms with van der Waals surface area (Å²) in [6, 6.07) is 5.47. The summed E-state index contributed by atoms with van der Waals surface area (Å²) in [4.78, 5) is 12.0. The molecule has 2 rings (SSSR count). The van der Waals surface area contributed by atoms with Gasteiger partial charge in [0.1, 0.15) is 5.75 Å². The van der Waals surface area contributed by atoms with Gasteiger partial charge in [-0.1, -0.05) is 18.2 Å². The van der Waals surface area contributed by atoms with Gasteiger partial charge in [0.25, 0.3) is 0 Å². The van der Waals surface area contributed by atoms with Crippen LogP contribution in [0.2, 0.25) is 0 Å². The van der Waals surface area contributed by atoms with E-state index in [1.807, 2.05) is 0 Å². The molecule has 5 nitrogen and oxygen atoms in total. The molecule has 22 heavy (non-hydrogen) atoms. The second kappa shape index (κ2) is 6.69. The first-order chi connectivity index (χ1) is 10.4. The smallest absolute Gasteiger partial charge is 0.387 e. The third-order valence-electron chi connectivity index (χ3n) is 3.12. The second-order valence-corrected chi connectivity index (χ2v) is 4.89. The van der Waals surface area contributed by atoms with Crippen LogP contribution in [0.15, 0.2) is 35.5 Å². The van der Waals surface area contributed by atoms with Crippen LogP contribution in [0.1, 0.15) is 18.5 Å². The van der Waals surface area contributed by atoms with Crippen LogP contribution in [0.3, 0.4) is 0 Å². The van der Waals surface area contributed by atoms with E-state index in [9.17, 15) is 13.6 Å². The highest BCUT2D eigenvalue weighted by atomic mass is 32.1. The van der Waals surface area contributed by atoms with E-state index in [1.54, 1.807) is 25.1 Å². The van der Waals surface area contributed by atoms with E-state index in [4.69, 9.17) is 17.0 Å². The lowest BCUT2D eigenvalue weighted by molar-refractivity contribution is -0.136. The van der Waals surface area contributed by atoms with Crippen molar-refractivity contribution >= 4 is 23.3 Å². The Morgan fingerprint density at radius 3 is 2.68 bits per heavy atom. The molecule has 0 fully saturated rings. The van der Waals surface area contributed by atoms with Crippen LogP contribution in [-0.2, 0) is 9.53 Å². The van der Waals surface area contributed by atoms with Gasteiger partial charge in [-0.05, 0) is 25.2 Å². The lowest BCUT2D eigenvalue weighted by Gasteiger charge is -2.30. The highest BCUT2D eigenvalue weighted by molar-refractivity contribution is 7.80. The van der Waals surface area contributed by atoms with Crippen molar-refractivity contribution in [3.63, 3.8) is 0 Å². The molecule has 1 unspecified atom stereocenters. The molecule has 0 radical (unpaired) electrons. The van der Waals surface area contributed by atoms with E-state index < -0.39 is 18.6 Å². The second-order valence-electron chi connectivity index (χ2n) is 4.48. The number of esters is 1. The zero-order valence-corrected chi connectivity index (χ0v) is 12.7. The van der Waals surface area contributed by atoms with E-state index in [2.05, 4.69) is 15.4 Å². The first-order valence-electron chi connectivity index (χ1n) is 6.34. The van der Waals surface area contributed by atoms with E-state index in [0.29, 0.717) is 11.3 Å². The number of para-hydroxylation sites is 1. The SMILES string of the molecule is COC(=O)C1=C(C)NC(=S)NC1c1ccccc1OC(F)F. The van der Waals surface area contributed by atoms with Crippen LogP contribution < -0.4 is 15.4 Å². The fourth-order valence-corrected chi connectivity index (χ4v) is 2.50. The monoisotopic (exact) mass is 328 g/mol. The number of hydrogen-bond acceptors (Lipinski definition) is 4. The van der Waals surface area contributed by atoms with Crippen LogP contribution in [0.25, 0.3) is 0 Å². The fourth-order valence-electron chi connectivity index (χ4n) is 2.23. The van der Waals surface area contributed by atoms with Crippen molar-refractivity contribution in [2.75, 3.05) is 7.11 Å². The molecular weight excluding hydrogens is 314 g/mol. The number of carbonyl (C=O) groups excluding carboxylic acids is 1. The summed E-state index contributed by atoms with van der Waals surface area (Å²) < 4.78 is 34.4. The van der Waals surface area contributed by atoms with Crippen LogP contribution >= 0.6 is 12.2 Å². The average molecular weight is 328 g/mol. The summed E-state index contributed by atoms with van der Waals surface area (Å²) in [6.07, 6.45) is 0. The fraction of sp³-hybridized carbons (Fsp3) is 0.286. The van der Waals surface area contributed by atoms with Gasteiger partial charge >= 0.3 is 12.6 Å². The maximum absolute atomic E-state index is 12.6. The van der Waals surface area contributed by atoms with Crippen LogP contribution in [0, 0.1) is 0 Å². The zero-order valence-electron chi connectivity index (χ0n) is 11.9. The van der Waals surface area contributed by atoms with Crippen molar-refractivity contribution in [3.05, 3.63) is 41.1 Å². The minimum atomic E-state index is -2.97. The van der Waals surface area contributed by atoms with E-state index in [0.717, 1.165) is 0 Å². The molecule has 2 N–H and O–H groups in total. The van der Waals surface area contributed by atoms with Crippen molar-refractivity contribution in [2.24, 2.45) is 0 Å². The maximum atomic E-state index is 12.6. The molecule has 1 aromatic carbocycles. The molecule has 8 heteroatoms. The number of carbonyl (C=O) groups is 1. The van der Waals surface area contributed by atoms with Gasteiger partial charge in [-0.25, -0.2) is 4.79 Å². The Hall–Kier alpha value is -2.22. The number of halogens is 2. The summed E-state index contributed by atoms with van der Waals surface area (Å²) in [6.45, 7) is -1.32. The van der Waals surface area contributed by atoms with Crippen molar-refractivity contribution in [1.82, 2.24) is 10.6 Å². The molecule has 118 valence electrons. The summed E-state index contributed by atoms with van der Waals surface area (Å²) >= 11 is 5.07. The molecule has 1 heterocycles. The van der Waals surface area contributed by atoms with Gasteiger partial charge in [-0.15, -0.1) is 0 Å². The molecule has 1 aliphatic heterocycles. The topological polar surface area (TPSA) is 59.6 Å². The lowest BCUT2D eigenvalue weighted by Crippen LogP contribution is -2.45. The van der Waals surface area contributed by atoms with Crippen LogP contribution in [0.5, 0.6) is 5.75 Å². The Balaban J connectivity index is 2.51. The number of rotatable bonds is 4. The van der Waals surface area contributed by atoms with Gasteiger partial charge < -0.3 is 20.1 Å². The van der Waals surface area contributed by atoms with Gasteiger partial charge in [0.15, 0.2) is 5.11 Å². The first kappa shape index (κ1) is 16.2. The first-order valence-corrected chi connectivity index (χ1v) is 6.75. The van der Waals surface area contributed by atoms with Gasteiger partial charge in [0.2, 0.25) is 0 Å². The largest absolute Gasteiger partial charge is 0.466 e. The van der Waals surface area contributed by atoms with Crippen molar-refractivity contribution in [3.8, 4) is 5.75 Å². The van der Waals surface area contributed by atoms with Gasteiger partial charge in [0.05, 0.1) is 18.7 Å². The summed E-state index contributed by atoms with van der Waals surface area (Å²) in [5.74, 6) is -0.620. The summed E-state index contributed by atoms with van der Waals surface area (Å²) in [5, 5.41) is 5.97. The Morgan fingerprint density at radius 1 is 1.36 bits per heavy atom. The predicted octanol–water partition coefficient (Wildman–Crippen LogP) is 2.25. The summed E-state index contributed by atoms with van der Waals surface area (Å²) in [5.41, 5.74) is 1.11. The zero-order chi connectivity index (χ0) is 16.3. The Morgan fingerprint density at radius 2 is 2.05 bits per heavy atom. The number of methoxy groups -OCH3 is 1. The number of allylic oxidation sites excluding steroid dienone is 1. The van der Waals surface area contributed by atoms with E-state index >= 15 is 0 Å². The highest BCUT2D eigenvalue weighted by Crippen LogP contribution is 2.34. The molecule has 0 aliphatic carbocycles. The molecule has 0 bridgehead atoms. The standard InChI is InChI=1S/C14H14F2N2O3S/c1-7-10(12(19)20-2)11(18-14(22)17-7)8-5-3-4-6-9(8)21-13(15)16/h3-6,11,13H,1-2H3,(H2,17,18,22). The third-order valence-corrected chi connectivity index (χ3v) is 3.34. The Labute approximate surface area is 131 Å². The molecule has 1 aromatic rings. The molecule has 1 aliphatic rings. The van der Waals surface area contributed by atoms with Crippen molar-refractivity contribution in [1.29, 1.82) is 0 Å². The van der Waals surface area contributed by atoms with Gasteiger partial charge in [-0.2, -0.15) is 8.78 Å². The molecule has 0 saturated carbocycles. The van der Waals surface area contributed by atoms with Gasteiger partial charge in [0, 0.05) is 11.3 Å².